The number of thiazole rings is 1. The van der Waals surface area contributed by atoms with Crippen molar-refractivity contribution in [1.82, 2.24) is 19.9 Å². The molecule has 0 bridgehead atoms. The Balaban J connectivity index is 1.57. The average Bonchev–Trinajstić information content (AvgIpc) is 3.41. The highest BCUT2D eigenvalue weighted by atomic mass is 35.5. The molecule has 12 heteroatoms. The van der Waals surface area contributed by atoms with Crippen molar-refractivity contribution in [3.05, 3.63) is 70.2 Å². The van der Waals surface area contributed by atoms with Crippen LogP contribution in [0.2, 0.25) is 5.02 Å². The minimum Gasteiger partial charge on any atom is -0.354 e. The fraction of sp³-hybridized carbons (Fsp3) is 0.333. The standard InChI is InChI=1S/C27H30ClN5O4S2/c1-18(2)14-22(32-26(35)23-17-31-27(38-23)19-9-6-10-21(28)15-19)25(34)30-12-7-13-33(3)39(36,37)24-11-5-4-8-20(24)16-29/h4-6,8-11,15,17-18,22H,7,12-14H2,1-3H3,(H,30,34)(H,32,35)/t22-/m0/s1. The maximum Gasteiger partial charge on any atom is 0.263 e. The second kappa shape index (κ2) is 13.7. The van der Waals surface area contributed by atoms with E-state index in [1.165, 1.54) is 36.7 Å². The Morgan fingerprint density at radius 3 is 2.62 bits per heavy atom. The van der Waals surface area contributed by atoms with Gasteiger partial charge in [0.1, 0.15) is 22.0 Å². The Morgan fingerprint density at radius 2 is 1.92 bits per heavy atom. The fourth-order valence-electron chi connectivity index (χ4n) is 3.77. The zero-order valence-corrected chi connectivity index (χ0v) is 24.2. The summed E-state index contributed by atoms with van der Waals surface area (Å²) < 4.78 is 26.9. The van der Waals surface area contributed by atoms with E-state index >= 15 is 0 Å². The topological polar surface area (TPSA) is 132 Å². The number of carbonyl (C=O) groups is 2. The number of benzene rings is 2. The third-order valence-electron chi connectivity index (χ3n) is 5.77. The molecule has 206 valence electrons. The fourth-order valence-corrected chi connectivity index (χ4v) is 6.13. The van der Waals surface area contributed by atoms with Gasteiger partial charge >= 0.3 is 0 Å². The van der Waals surface area contributed by atoms with Gasteiger partial charge in [-0.25, -0.2) is 17.7 Å². The van der Waals surface area contributed by atoms with Gasteiger partial charge in [0.25, 0.3) is 5.91 Å². The lowest BCUT2D eigenvalue weighted by atomic mass is 10.0. The molecule has 0 radical (unpaired) electrons. The van der Waals surface area contributed by atoms with E-state index in [1.54, 1.807) is 30.3 Å². The number of hydrogen-bond acceptors (Lipinski definition) is 7. The van der Waals surface area contributed by atoms with Crippen LogP contribution in [0.15, 0.2) is 59.6 Å². The normalized spacial score (nSPS) is 12.2. The predicted octanol–water partition coefficient (Wildman–Crippen LogP) is 4.31. The van der Waals surface area contributed by atoms with Crippen LogP contribution >= 0.6 is 22.9 Å². The van der Waals surface area contributed by atoms with Gasteiger partial charge in [-0.3, -0.25) is 9.59 Å². The largest absolute Gasteiger partial charge is 0.354 e. The van der Waals surface area contributed by atoms with Crippen molar-refractivity contribution in [2.45, 2.75) is 37.6 Å². The van der Waals surface area contributed by atoms with Crippen LogP contribution in [-0.2, 0) is 14.8 Å². The molecule has 0 aliphatic rings. The maximum atomic E-state index is 12.9. The molecule has 0 spiro atoms. The number of nitriles is 1. The van der Waals surface area contributed by atoms with E-state index in [4.69, 9.17) is 11.6 Å². The highest BCUT2D eigenvalue weighted by Crippen LogP contribution is 2.27. The van der Waals surface area contributed by atoms with Gasteiger partial charge in [-0.15, -0.1) is 11.3 Å². The molecule has 1 aromatic heterocycles. The molecule has 0 aliphatic heterocycles. The van der Waals surface area contributed by atoms with E-state index < -0.39 is 22.0 Å². The maximum absolute atomic E-state index is 12.9. The first kappa shape index (κ1) is 30.2. The van der Waals surface area contributed by atoms with E-state index in [-0.39, 0.29) is 35.4 Å². The molecule has 39 heavy (non-hydrogen) atoms. The first-order chi connectivity index (χ1) is 18.5. The predicted molar refractivity (Wildman–Crippen MR) is 152 cm³/mol. The summed E-state index contributed by atoms with van der Waals surface area (Å²) in [6.07, 6.45) is 2.24. The Morgan fingerprint density at radius 1 is 1.18 bits per heavy atom. The third-order valence-corrected chi connectivity index (χ3v) is 8.97. The number of hydrogen-bond donors (Lipinski definition) is 2. The second-order valence-electron chi connectivity index (χ2n) is 9.27. The molecule has 0 saturated carbocycles. The number of rotatable bonds is 12. The molecule has 0 fully saturated rings. The zero-order valence-electron chi connectivity index (χ0n) is 21.8. The van der Waals surface area contributed by atoms with Crippen LogP contribution in [0.3, 0.4) is 0 Å². The Bertz CT molecular complexity index is 1470. The molecule has 3 rings (SSSR count). The number of carbonyl (C=O) groups excluding carboxylic acids is 2. The van der Waals surface area contributed by atoms with Crippen LogP contribution in [0.25, 0.3) is 10.6 Å². The number of sulfonamides is 1. The van der Waals surface area contributed by atoms with Crippen LogP contribution < -0.4 is 10.6 Å². The molecule has 0 unspecified atom stereocenters. The third kappa shape index (κ3) is 8.10. The summed E-state index contributed by atoms with van der Waals surface area (Å²) in [7, 11) is -2.42. The lowest BCUT2D eigenvalue weighted by Gasteiger charge is -2.21. The monoisotopic (exact) mass is 587 g/mol. The number of nitrogens with zero attached hydrogens (tertiary/aromatic N) is 3. The van der Waals surface area contributed by atoms with Crippen LogP contribution in [-0.4, -0.2) is 55.7 Å². The average molecular weight is 588 g/mol. The Hall–Kier alpha value is -3.30. The van der Waals surface area contributed by atoms with E-state index in [9.17, 15) is 23.3 Å². The molecule has 3 aromatic rings. The van der Waals surface area contributed by atoms with Gasteiger partial charge in [-0.2, -0.15) is 5.26 Å². The SMILES string of the molecule is CC(C)C[C@H](NC(=O)c1cnc(-c2cccc(Cl)c2)s1)C(=O)NCCCN(C)S(=O)(=O)c1ccccc1C#N. The van der Waals surface area contributed by atoms with Crippen molar-refractivity contribution in [3.63, 3.8) is 0 Å². The minimum atomic E-state index is -3.85. The van der Waals surface area contributed by atoms with Crippen molar-refractivity contribution in [2.24, 2.45) is 5.92 Å². The first-order valence-electron chi connectivity index (χ1n) is 12.3. The molecular formula is C27H30ClN5O4S2. The summed E-state index contributed by atoms with van der Waals surface area (Å²) in [6.45, 7) is 4.25. The first-order valence-corrected chi connectivity index (χ1v) is 14.9. The number of nitrogens with one attached hydrogen (secondary N) is 2. The molecule has 1 heterocycles. The minimum absolute atomic E-state index is 0.0552. The van der Waals surface area contributed by atoms with E-state index in [1.807, 2.05) is 26.0 Å². The second-order valence-corrected chi connectivity index (χ2v) is 12.8. The summed E-state index contributed by atoms with van der Waals surface area (Å²) in [4.78, 5) is 30.5. The van der Waals surface area contributed by atoms with Crippen molar-refractivity contribution in [2.75, 3.05) is 20.1 Å². The summed E-state index contributed by atoms with van der Waals surface area (Å²) >= 11 is 7.26. The molecule has 1 atom stereocenters. The lowest BCUT2D eigenvalue weighted by molar-refractivity contribution is -0.123. The van der Waals surface area contributed by atoms with Crippen LogP contribution in [0.5, 0.6) is 0 Å². The summed E-state index contributed by atoms with van der Waals surface area (Å²) in [6, 6.07) is 14.3. The highest BCUT2D eigenvalue weighted by molar-refractivity contribution is 7.89. The van der Waals surface area contributed by atoms with Gasteiger partial charge < -0.3 is 10.6 Å². The number of aromatic nitrogens is 1. The van der Waals surface area contributed by atoms with E-state index in [0.717, 1.165) is 9.87 Å². The van der Waals surface area contributed by atoms with Crippen LogP contribution in [0.4, 0.5) is 0 Å². The summed E-state index contributed by atoms with van der Waals surface area (Å²) in [5.74, 6) is -0.610. The van der Waals surface area contributed by atoms with Crippen molar-refractivity contribution < 1.29 is 18.0 Å². The molecular weight excluding hydrogens is 558 g/mol. The molecule has 2 N–H and O–H groups in total. The lowest BCUT2D eigenvalue weighted by Crippen LogP contribution is -2.47. The number of amides is 2. The summed E-state index contributed by atoms with van der Waals surface area (Å²) in [5.41, 5.74) is 0.872. The molecule has 0 aliphatic carbocycles. The molecule has 9 nitrogen and oxygen atoms in total. The quantitative estimate of drug-likeness (QED) is 0.304. The van der Waals surface area contributed by atoms with Crippen LogP contribution in [0, 0.1) is 17.2 Å². The van der Waals surface area contributed by atoms with Gasteiger partial charge in [0.15, 0.2) is 0 Å². The molecule has 0 saturated heterocycles. The van der Waals surface area contributed by atoms with E-state index in [0.29, 0.717) is 27.7 Å². The van der Waals surface area contributed by atoms with Gasteiger partial charge in [-0.05, 0) is 43.0 Å². The van der Waals surface area contributed by atoms with Gasteiger partial charge in [0, 0.05) is 30.7 Å². The molecule has 2 amide bonds. The van der Waals surface area contributed by atoms with Gasteiger partial charge in [0.2, 0.25) is 15.9 Å². The number of halogens is 1. The highest BCUT2D eigenvalue weighted by Gasteiger charge is 2.25. The van der Waals surface area contributed by atoms with Crippen molar-refractivity contribution >= 4 is 44.8 Å². The van der Waals surface area contributed by atoms with Crippen molar-refractivity contribution in [1.29, 1.82) is 5.26 Å². The Labute approximate surface area is 237 Å². The van der Waals surface area contributed by atoms with Crippen molar-refractivity contribution in [3.8, 4) is 16.6 Å². The van der Waals surface area contributed by atoms with Gasteiger partial charge in [0.05, 0.1) is 16.7 Å². The molecule has 2 aromatic carbocycles. The zero-order chi connectivity index (χ0) is 28.6. The van der Waals surface area contributed by atoms with Crippen LogP contribution in [0.1, 0.15) is 41.9 Å². The van der Waals surface area contributed by atoms with Gasteiger partial charge in [-0.1, -0.05) is 49.7 Å². The smallest absolute Gasteiger partial charge is 0.263 e. The van der Waals surface area contributed by atoms with E-state index in [2.05, 4.69) is 15.6 Å². The Kier molecular flexibility index (Phi) is 10.6. The summed E-state index contributed by atoms with van der Waals surface area (Å²) in [5, 5.41) is 16.0.